The monoisotopic (exact) mass is 590 g/mol. The van der Waals surface area contributed by atoms with Crippen molar-refractivity contribution in [3.8, 4) is 16.9 Å². The van der Waals surface area contributed by atoms with E-state index < -0.39 is 66.3 Å². The summed E-state index contributed by atoms with van der Waals surface area (Å²) < 4.78 is 88.6. The Labute approximate surface area is 225 Å². The molecule has 3 N–H and O–H groups in total. The van der Waals surface area contributed by atoms with Gasteiger partial charge in [-0.25, -0.2) is 17.9 Å². The molecule has 5 rings (SSSR count). The number of aromatic nitrogens is 6. The minimum Gasteiger partial charge on any atom is -0.394 e. The van der Waals surface area contributed by atoms with Crippen LogP contribution in [0, 0.1) is 17.5 Å². The Kier molecular flexibility index (Phi) is 7.30. The van der Waals surface area contributed by atoms with Crippen molar-refractivity contribution in [3.05, 3.63) is 76.7 Å². The van der Waals surface area contributed by atoms with E-state index in [0.29, 0.717) is 12.1 Å². The summed E-state index contributed by atoms with van der Waals surface area (Å²) >= 11 is 5.90. The van der Waals surface area contributed by atoms with Crippen molar-refractivity contribution >= 4 is 11.6 Å². The molecule has 0 radical (unpaired) electrons. The van der Waals surface area contributed by atoms with Gasteiger partial charge >= 0.3 is 6.18 Å². The van der Waals surface area contributed by atoms with E-state index in [4.69, 9.17) is 16.3 Å². The molecule has 0 aliphatic carbocycles. The molecule has 0 saturated carbocycles. The van der Waals surface area contributed by atoms with Crippen LogP contribution in [-0.2, 0) is 10.9 Å². The number of ether oxygens (including phenoxy) is 1. The molecule has 4 aromatic rings. The zero-order chi connectivity index (χ0) is 28.9. The molecule has 1 fully saturated rings. The summed E-state index contributed by atoms with van der Waals surface area (Å²) in [6.07, 6.45) is -8.76. The summed E-state index contributed by atoms with van der Waals surface area (Å²) in [5.41, 5.74) is -1.54. The maximum Gasteiger partial charge on any atom is 0.416 e. The summed E-state index contributed by atoms with van der Waals surface area (Å²) in [5, 5.41) is 46.8. The second-order valence-corrected chi connectivity index (χ2v) is 9.28. The number of halogens is 7. The minimum absolute atomic E-state index is 0.123. The molecular formula is C23H17ClF6N6O4. The van der Waals surface area contributed by atoms with Crippen LogP contribution in [0.2, 0.25) is 5.02 Å². The van der Waals surface area contributed by atoms with Gasteiger partial charge in [0.05, 0.1) is 24.1 Å². The van der Waals surface area contributed by atoms with E-state index in [0.717, 1.165) is 33.9 Å². The molecule has 40 heavy (non-hydrogen) atoms. The molecule has 5 atom stereocenters. The van der Waals surface area contributed by atoms with Gasteiger partial charge < -0.3 is 20.1 Å². The lowest BCUT2D eigenvalue weighted by Crippen LogP contribution is -2.53. The van der Waals surface area contributed by atoms with Crippen LogP contribution in [0.1, 0.15) is 23.5 Å². The molecule has 0 bridgehead atoms. The van der Waals surface area contributed by atoms with Crippen molar-refractivity contribution in [1.29, 1.82) is 0 Å². The molecule has 1 aliphatic rings. The number of aliphatic hydroxyl groups is 3. The van der Waals surface area contributed by atoms with Gasteiger partial charge in [0.2, 0.25) is 0 Å². The first kappa shape index (κ1) is 28.0. The molecule has 212 valence electrons. The summed E-state index contributed by atoms with van der Waals surface area (Å²) in [7, 11) is 0. The molecule has 1 aliphatic heterocycles. The Balaban J connectivity index is 1.53. The fraction of sp³-hybridized carbons (Fsp3) is 0.304. The molecule has 17 heteroatoms. The maximum absolute atomic E-state index is 13.7. The number of aliphatic hydroxyl groups excluding tert-OH is 3. The fourth-order valence-electron chi connectivity index (χ4n) is 4.40. The Morgan fingerprint density at radius 3 is 2.33 bits per heavy atom. The third-order valence-corrected chi connectivity index (χ3v) is 6.52. The highest BCUT2D eigenvalue weighted by Gasteiger charge is 2.48. The molecular weight excluding hydrogens is 574 g/mol. The van der Waals surface area contributed by atoms with Gasteiger partial charge in [-0.1, -0.05) is 16.8 Å². The summed E-state index contributed by atoms with van der Waals surface area (Å²) in [5.74, 6) is -4.86. The van der Waals surface area contributed by atoms with E-state index in [2.05, 4.69) is 20.5 Å². The highest BCUT2D eigenvalue weighted by Crippen LogP contribution is 2.39. The lowest BCUT2D eigenvalue weighted by atomic mass is 9.92. The topological polar surface area (TPSA) is 131 Å². The van der Waals surface area contributed by atoms with Crippen LogP contribution in [0.15, 0.2) is 42.9 Å². The van der Waals surface area contributed by atoms with Crippen molar-refractivity contribution in [2.75, 3.05) is 6.61 Å². The molecule has 3 heterocycles. The summed E-state index contributed by atoms with van der Waals surface area (Å²) in [4.78, 5) is 0. The standard InChI is InChI=1S/C23H17ClF6N6O4/c24-11-3-10(23(28,29)30)4-12(5-11)35-8-31-33-22(35)21-20(39)18(19(38)16(7-37)40-21)36-6-15(32-34-36)9-1-13(25)17(27)14(26)2-9/h1-6,8,16,18-21,37-39H,7H2/t16-,18+,19+,20-,21-/m1/s1. The van der Waals surface area contributed by atoms with Crippen molar-refractivity contribution in [1.82, 2.24) is 29.8 Å². The first-order chi connectivity index (χ1) is 18.9. The molecule has 1 saturated heterocycles. The average Bonchev–Trinajstić information content (AvgIpc) is 3.57. The molecule has 0 unspecified atom stereocenters. The van der Waals surface area contributed by atoms with Gasteiger partial charge in [0.25, 0.3) is 0 Å². The predicted molar refractivity (Wildman–Crippen MR) is 122 cm³/mol. The van der Waals surface area contributed by atoms with E-state index in [-0.39, 0.29) is 27.8 Å². The second-order valence-electron chi connectivity index (χ2n) is 8.84. The second kappa shape index (κ2) is 10.4. The van der Waals surface area contributed by atoms with Gasteiger partial charge in [0, 0.05) is 10.6 Å². The van der Waals surface area contributed by atoms with E-state index in [1.165, 1.54) is 6.07 Å². The Hall–Kier alpha value is -3.57. The van der Waals surface area contributed by atoms with Crippen LogP contribution < -0.4 is 0 Å². The van der Waals surface area contributed by atoms with Crippen LogP contribution >= 0.6 is 11.6 Å². The van der Waals surface area contributed by atoms with E-state index in [1.54, 1.807) is 0 Å². The fourth-order valence-corrected chi connectivity index (χ4v) is 4.63. The highest BCUT2D eigenvalue weighted by atomic mass is 35.5. The molecule has 0 spiro atoms. The molecule has 2 aromatic carbocycles. The average molecular weight is 591 g/mol. The molecule has 10 nitrogen and oxygen atoms in total. The van der Waals surface area contributed by atoms with Crippen molar-refractivity contribution in [2.45, 2.75) is 36.6 Å². The predicted octanol–water partition coefficient (Wildman–Crippen LogP) is 3.01. The third-order valence-electron chi connectivity index (χ3n) is 6.30. The number of benzene rings is 2. The SMILES string of the molecule is OC[C@H]1O[C@@H](c2nncn2-c2cc(Cl)cc(C(F)(F)F)c2)[C@H](O)[C@@H](n2cc(-c3cc(F)c(F)c(F)c3)nn2)[C@H]1O. The number of alkyl halides is 3. The van der Waals surface area contributed by atoms with E-state index in [1.807, 2.05) is 0 Å². The number of hydrogen-bond acceptors (Lipinski definition) is 8. The molecule has 0 amide bonds. The van der Waals surface area contributed by atoms with Crippen molar-refractivity contribution in [2.24, 2.45) is 0 Å². The van der Waals surface area contributed by atoms with Crippen LogP contribution in [0.3, 0.4) is 0 Å². The zero-order valence-electron chi connectivity index (χ0n) is 19.7. The summed E-state index contributed by atoms with van der Waals surface area (Å²) in [6, 6.07) is 2.61. The van der Waals surface area contributed by atoms with Gasteiger partial charge in [0.1, 0.15) is 42.5 Å². The third kappa shape index (κ3) is 5.03. The van der Waals surface area contributed by atoms with Gasteiger partial charge in [-0.05, 0) is 30.3 Å². The van der Waals surface area contributed by atoms with Crippen LogP contribution in [0.5, 0.6) is 0 Å². The lowest BCUT2D eigenvalue weighted by Gasteiger charge is -2.41. The van der Waals surface area contributed by atoms with E-state index in [9.17, 15) is 41.7 Å². The first-order valence-corrected chi connectivity index (χ1v) is 11.7. The van der Waals surface area contributed by atoms with Gasteiger partial charge in [-0.15, -0.1) is 15.3 Å². The zero-order valence-corrected chi connectivity index (χ0v) is 20.5. The quantitative estimate of drug-likeness (QED) is 0.239. The smallest absolute Gasteiger partial charge is 0.394 e. The first-order valence-electron chi connectivity index (χ1n) is 11.4. The lowest BCUT2D eigenvalue weighted by molar-refractivity contribution is -0.210. The Bertz CT molecular complexity index is 1530. The van der Waals surface area contributed by atoms with Crippen molar-refractivity contribution in [3.63, 3.8) is 0 Å². The number of rotatable bonds is 5. The van der Waals surface area contributed by atoms with Crippen LogP contribution in [0.25, 0.3) is 16.9 Å². The summed E-state index contributed by atoms with van der Waals surface area (Å²) in [6.45, 7) is -0.764. The number of nitrogens with zero attached hydrogens (tertiary/aromatic N) is 6. The Morgan fingerprint density at radius 1 is 0.975 bits per heavy atom. The minimum atomic E-state index is -4.73. The van der Waals surface area contributed by atoms with Gasteiger partial charge in [0.15, 0.2) is 23.3 Å². The van der Waals surface area contributed by atoms with Gasteiger partial charge in [-0.2, -0.15) is 13.2 Å². The van der Waals surface area contributed by atoms with Gasteiger partial charge in [-0.3, -0.25) is 4.57 Å². The Morgan fingerprint density at radius 2 is 1.68 bits per heavy atom. The highest BCUT2D eigenvalue weighted by molar-refractivity contribution is 6.30. The maximum atomic E-state index is 13.7. The van der Waals surface area contributed by atoms with Crippen LogP contribution in [-0.4, -0.2) is 70.0 Å². The molecule has 2 aromatic heterocycles. The van der Waals surface area contributed by atoms with Crippen LogP contribution in [0.4, 0.5) is 26.3 Å². The van der Waals surface area contributed by atoms with E-state index >= 15 is 0 Å². The van der Waals surface area contributed by atoms with Crippen molar-refractivity contribution < 1.29 is 46.4 Å². The largest absolute Gasteiger partial charge is 0.416 e. The normalized spacial score (nSPS) is 23.5. The number of hydrogen-bond donors (Lipinski definition) is 3.